The van der Waals surface area contributed by atoms with E-state index in [0.29, 0.717) is 17.5 Å². The second kappa shape index (κ2) is 11.2. The molecule has 0 unspecified atom stereocenters. The van der Waals surface area contributed by atoms with Crippen LogP contribution in [0.3, 0.4) is 0 Å². The standard InChI is InChI=1S/C43H27N3O/c1-2-9-32(10-3-1)41-44-42(46-43(45-41)36-24-25-38-37-12-6-7-13-39(37)47-40(38)27-36)33-21-18-30(19-22-33)29-14-16-31(17-15-29)35-23-20-28-8-4-5-11-34(28)26-35/h1-27H. The molecule has 4 heteroatoms. The first-order valence-electron chi connectivity index (χ1n) is 15.7. The van der Waals surface area contributed by atoms with Gasteiger partial charge in [0, 0.05) is 27.5 Å². The molecule has 2 aromatic heterocycles. The number of furan rings is 1. The minimum Gasteiger partial charge on any atom is -0.456 e. The molecule has 0 aliphatic carbocycles. The predicted octanol–water partition coefficient (Wildman–Crippen LogP) is 11.3. The molecule has 0 saturated heterocycles. The molecule has 9 rings (SSSR count). The van der Waals surface area contributed by atoms with Gasteiger partial charge in [0.15, 0.2) is 17.5 Å². The maximum absolute atomic E-state index is 6.18. The number of fused-ring (bicyclic) bond motifs is 4. The lowest BCUT2D eigenvalue weighted by molar-refractivity contribution is 0.669. The van der Waals surface area contributed by atoms with E-state index in [1.54, 1.807) is 0 Å². The summed E-state index contributed by atoms with van der Waals surface area (Å²) < 4.78 is 6.18. The number of rotatable bonds is 5. The number of hydrogen-bond donors (Lipinski definition) is 0. The van der Waals surface area contributed by atoms with Crippen molar-refractivity contribution in [2.24, 2.45) is 0 Å². The van der Waals surface area contributed by atoms with Gasteiger partial charge in [-0.05, 0) is 57.3 Å². The zero-order valence-corrected chi connectivity index (χ0v) is 25.3. The van der Waals surface area contributed by atoms with E-state index in [1.165, 1.54) is 21.9 Å². The van der Waals surface area contributed by atoms with E-state index < -0.39 is 0 Å². The summed E-state index contributed by atoms with van der Waals surface area (Å²) >= 11 is 0. The second-order valence-electron chi connectivity index (χ2n) is 11.7. The molecule has 7 aromatic carbocycles. The van der Waals surface area contributed by atoms with Crippen LogP contribution in [0.5, 0.6) is 0 Å². The zero-order chi connectivity index (χ0) is 31.2. The van der Waals surface area contributed by atoms with Crippen LogP contribution in [0.4, 0.5) is 0 Å². The molecule has 0 spiro atoms. The van der Waals surface area contributed by atoms with Crippen molar-refractivity contribution in [2.45, 2.75) is 0 Å². The van der Waals surface area contributed by atoms with E-state index in [0.717, 1.165) is 49.8 Å². The molecule has 0 amide bonds. The van der Waals surface area contributed by atoms with Crippen molar-refractivity contribution in [1.29, 1.82) is 0 Å². The maximum atomic E-state index is 6.18. The molecule has 220 valence electrons. The summed E-state index contributed by atoms with van der Waals surface area (Å²) in [7, 11) is 0. The fraction of sp³-hybridized carbons (Fsp3) is 0. The Bertz CT molecular complexity index is 2550. The van der Waals surface area contributed by atoms with E-state index in [1.807, 2.05) is 54.6 Å². The molecule has 0 radical (unpaired) electrons. The average Bonchev–Trinajstić information content (AvgIpc) is 3.53. The highest BCUT2D eigenvalue weighted by atomic mass is 16.3. The van der Waals surface area contributed by atoms with Crippen LogP contribution in [-0.2, 0) is 0 Å². The molecule has 0 aliphatic rings. The normalized spacial score (nSPS) is 11.4. The Morgan fingerprint density at radius 1 is 0.298 bits per heavy atom. The molecule has 0 bridgehead atoms. The summed E-state index contributed by atoms with van der Waals surface area (Å²) in [5.41, 5.74) is 9.10. The first-order chi connectivity index (χ1) is 23.2. The van der Waals surface area contributed by atoms with Gasteiger partial charge in [-0.15, -0.1) is 0 Å². The number of benzene rings is 7. The van der Waals surface area contributed by atoms with Gasteiger partial charge in [0.2, 0.25) is 0 Å². The summed E-state index contributed by atoms with van der Waals surface area (Å²) in [6, 6.07) is 56.6. The molecule has 47 heavy (non-hydrogen) atoms. The summed E-state index contributed by atoms with van der Waals surface area (Å²) in [4.78, 5) is 14.8. The van der Waals surface area contributed by atoms with Crippen LogP contribution in [0.25, 0.3) is 89.1 Å². The molecule has 0 atom stereocenters. The highest BCUT2D eigenvalue weighted by molar-refractivity contribution is 6.05. The molecule has 4 nitrogen and oxygen atoms in total. The lowest BCUT2D eigenvalue weighted by Gasteiger charge is -2.10. The number of nitrogens with zero attached hydrogens (tertiary/aromatic N) is 3. The van der Waals surface area contributed by atoms with Crippen molar-refractivity contribution < 1.29 is 4.42 Å². The molecule has 0 saturated carbocycles. The number of aromatic nitrogens is 3. The zero-order valence-electron chi connectivity index (χ0n) is 25.3. The van der Waals surface area contributed by atoms with E-state index in [4.69, 9.17) is 19.4 Å². The van der Waals surface area contributed by atoms with Crippen LogP contribution in [0.1, 0.15) is 0 Å². The fourth-order valence-corrected chi connectivity index (χ4v) is 6.25. The van der Waals surface area contributed by atoms with E-state index in [-0.39, 0.29) is 0 Å². The topological polar surface area (TPSA) is 51.8 Å². The minimum atomic E-state index is 0.601. The molecule has 2 heterocycles. The molecular formula is C43H27N3O. The van der Waals surface area contributed by atoms with Crippen molar-refractivity contribution >= 4 is 32.7 Å². The Hall–Kier alpha value is -6.39. The average molecular weight is 602 g/mol. The van der Waals surface area contributed by atoms with Gasteiger partial charge >= 0.3 is 0 Å². The minimum absolute atomic E-state index is 0.601. The molecule has 0 fully saturated rings. The SMILES string of the molecule is c1ccc(-c2nc(-c3ccc(-c4ccc(-c5ccc6ccccc6c5)cc4)cc3)nc(-c3ccc4c(c3)oc3ccccc34)n2)cc1. The van der Waals surface area contributed by atoms with Crippen LogP contribution in [-0.4, -0.2) is 15.0 Å². The number of para-hydroxylation sites is 1. The van der Waals surface area contributed by atoms with Crippen molar-refractivity contribution in [3.05, 3.63) is 164 Å². The Morgan fingerprint density at radius 2 is 0.787 bits per heavy atom. The van der Waals surface area contributed by atoms with E-state index in [2.05, 4.69) is 109 Å². The van der Waals surface area contributed by atoms with Gasteiger partial charge in [-0.25, -0.2) is 15.0 Å². The molecule has 0 N–H and O–H groups in total. The van der Waals surface area contributed by atoms with Gasteiger partial charge in [-0.2, -0.15) is 0 Å². The quantitative estimate of drug-likeness (QED) is 0.197. The predicted molar refractivity (Wildman–Crippen MR) is 192 cm³/mol. The largest absolute Gasteiger partial charge is 0.456 e. The van der Waals surface area contributed by atoms with Crippen LogP contribution in [0.2, 0.25) is 0 Å². The Morgan fingerprint density at radius 3 is 1.51 bits per heavy atom. The van der Waals surface area contributed by atoms with Crippen LogP contribution in [0, 0.1) is 0 Å². The first-order valence-corrected chi connectivity index (χ1v) is 15.7. The van der Waals surface area contributed by atoms with Crippen LogP contribution >= 0.6 is 0 Å². The van der Waals surface area contributed by atoms with Gasteiger partial charge < -0.3 is 4.42 Å². The van der Waals surface area contributed by atoms with Gasteiger partial charge in [0.25, 0.3) is 0 Å². The maximum Gasteiger partial charge on any atom is 0.164 e. The Balaban J connectivity index is 1.06. The van der Waals surface area contributed by atoms with Gasteiger partial charge in [-0.3, -0.25) is 0 Å². The third kappa shape index (κ3) is 5.02. The molecule has 0 aliphatic heterocycles. The van der Waals surface area contributed by atoms with E-state index in [9.17, 15) is 0 Å². The van der Waals surface area contributed by atoms with E-state index >= 15 is 0 Å². The van der Waals surface area contributed by atoms with Crippen molar-refractivity contribution in [3.8, 4) is 56.4 Å². The summed E-state index contributed by atoms with van der Waals surface area (Å²) in [5, 5.41) is 4.67. The third-order valence-corrected chi connectivity index (χ3v) is 8.75. The second-order valence-corrected chi connectivity index (χ2v) is 11.7. The molecule has 9 aromatic rings. The fourth-order valence-electron chi connectivity index (χ4n) is 6.25. The third-order valence-electron chi connectivity index (χ3n) is 8.75. The van der Waals surface area contributed by atoms with Gasteiger partial charge in [-0.1, -0.05) is 140 Å². The van der Waals surface area contributed by atoms with Crippen molar-refractivity contribution in [1.82, 2.24) is 15.0 Å². The Kier molecular flexibility index (Phi) is 6.43. The van der Waals surface area contributed by atoms with Crippen molar-refractivity contribution in [2.75, 3.05) is 0 Å². The first kappa shape index (κ1) is 27.0. The summed E-state index contributed by atoms with van der Waals surface area (Å²) in [5.74, 6) is 1.85. The van der Waals surface area contributed by atoms with Gasteiger partial charge in [0.05, 0.1) is 0 Å². The smallest absolute Gasteiger partial charge is 0.164 e. The lowest BCUT2D eigenvalue weighted by atomic mass is 9.98. The summed E-state index contributed by atoms with van der Waals surface area (Å²) in [6.07, 6.45) is 0. The summed E-state index contributed by atoms with van der Waals surface area (Å²) in [6.45, 7) is 0. The highest BCUT2D eigenvalue weighted by Crippen LogP contribution is 2.33. The van der Waals surface area contributed by atoms with Crippen LogP contribution < -0.4 is 0 Å². The van der Waals surface area contributed by atoms with Crippen molar-refractivity contribution in [3.63, 3.8) is 0 Å². The monoisotopic (exact) mass is 601 g/mol. The molecular weight excluding hydrogens is 574 g/mol. The highest BCUT2D eigenvalue weighted by Gasteiger charge is 2.15. The lowest BCUT2D eigenvalue weighted by Crippen LogP contribution is -2.00. The van der Waals surface area contributed by atoms with Crippen LogP contribution in [0.15, 0.2) is 168 Å². The van der Waals surface area contributed by atoms with Gasteiger partial charge in [0.1, 0.15) is 11.2 Å². The number of hydrogen-bond acceptors (Lipinski definition) is 4. The Labute approximate surface area is 271 Å².